The molecule has 0 saturated carbocycles. The molecule has 0 radical (unpaired) electrons. The fourth-order valence-corrected chi connectivity index (χ4v) is 3.07. The summed E-state index contributed by atoms with van der Waals surface area (Å²) in [4.78, 5) is 8.82. The number of nitrogens with zero attached hydrogens (tertiary/aromatic N) is 2. The topological polar surface area (TPSA) is 25.8 Å². The number of rotatable bonds is 2. The van der Waals surface area contributed by atoms with E-state index < -0.39 is 0 Å². The maximum Gasteiger partial charge on any atom is 0.136 e. The molecule has 5 heteroatoms. The third-order valence-corrected chi connectivity index (χ3v) is 4.24. The van der Waals surface area contributed by atoms with E-state index in [1.165, 1.54) is 6.07 Å². The zero-order valence-corrected chi connectivity index (χ0v) is 12.3. The third-order valence-electron chi connectivity index (χ3n) is 3.58. The number of halogens is 3. The number of benzene rings is 1. The first-order chi connectivity index (χ1) is 9.65. The van der Waals surface area contributed by atoms with Crippen LogP contribution in [0, 0.1) is 5.82 Å². The molecule has 1 aromatic carbocycles. The van der Waals surface area contributed by atoms with Gasteiger partial charge in [-0.2, -0.15) is 0 Å². The summed E-state index contributed by atoms with van der Waals surface area (Å²) in [6, 6.07) is 4.64. The molecule has 0 unspecified atom stereocenters. The molecule has 1 aliphatic rings. The summed E-state index contributed by atoms with van der Waals surface area (Å²) in [5, 5.41) is 0.889. The first-order valence-corrected chi connectivity index (χ1v) is 7.38. The molecule has 0 atom stereocenters. The monoisotopic (exact) mass is 310 g/mol. The molecular weight excluding hydrogens is 298 g/mol. The van der Waals surface area contributed by atoms with E-state index in [4.69, 9.17) is 23.2 Å². The van der Waals surface area contributed by atoms with Crippen molar-refractivity contribution in [2.75, 3.05) is 0 Å². The second-order valence-corrected chi connectivity index (χ2v) is 5.71. The lowest BCUT2D eigenvalue weighted by atomic mass is 9.97. The van der Waals surface area contributed by atoms with Crippen LogP contribution in [0.1, 0.15) is 35.5 Å². The lowest BCUT2D eigenvalue weighted by Crippen LogP contribution is -2.11. The summed E-state index contributed by atoms with van der Waals surface area (Å²) in [5.41, 5.74) is 2.46. The Morgan fingerprint density at radius 1 is 1.10 bits per heavy atom. The first-order valence-electron chi connectivity index (χ1n) is 6.62. The smallest absolute Gasteiger partial charge is 0.136 e. The zero-order chi connectivity index (χ0) is 14.1. The first kappa shape index (κ1) is 13.8. The minimum Gasteiger partial charge on any atom is -0.237 e. The van der Waals surface area contributed by atoms with Crippen LogP contribution in [-0.4, -0.2) is 9.97 Å². The van der Waals surface area contributed by atoms with Crippen molar-refractivity contribution >= 4 is 23.2 Å². The van der Waals surface area contributed by atoms with Crippen molar-refractivity contribution in [3.8, 4) is 0 Å². The standard InChI is InChI=1S/C15H13Cl2FN2/c16-11-5-3-6-12(18)10(11)8-14-19-13-7-2-1-4-9(13)15(17)20-14/h3,5-6H,1-2,4,7-8H2. The highest BCUT2D eigenvalue weighted by molar-refractivity contribution is 6.31. The second-order valence-electron chi connectivity index (χ2n) is 4.94. The van der Waals surface area contributed by atoms with Crippen LogP contribution in [0.25, 0.3) is 0 Å². The van der Waals surface area contributed by atoms with E-state index in [1.807, 2.05) is 0 Å². The molecule has 0 aliphatic heterocycles. The van der Waals surface area contributed by atoms with Crippen LogP contribution >= 0.6 is 23.2 Å². The van der Waals surface area contributed by atoms with Crippen molar-refractivity contribution in [2.45, 2.75) is 32.1 Å². The summed E-state index contributed by atoms with van der Waals surface area (Å²) in [5.74, 6) is 0.192. The lowest BCUT2D eigenvalue weighted by Gasteiger charge is -2.16. The Balaban J connectivity index is 1.97. The highest BCUT2D eigenvalue weighted by atomic mass is 35.5. The van der Waals surface area contributed by atoms with E-state index in [2.05, 4.69) is 9.97 Å². The number of aryl methyl sites for hydroxylation is 1. The van der Waals surface area contributed by atoms with Gasteiger partial charge in [0, 0.05) is 28.3 Å². The highest BCUT2D eigenvalue weighted by Gasteiger charge is 2.18. The molecule has 1 aromatic heterocycles. The van der Waals surface area contributed by atoms with Gasteiger partial charge in [0.15, 0.2) is 0 Å². The molecule has 0 fully saturated rings. The average molecular weight is 311 g/mol. The number of aromatic nitrogens is 2. The Kier molecular flexibility index (Phi) is 3.90. The predicted molar refractivity (Wildman–Crippen MR) is 77.9 cm³/mol. The van der Waals surface area contributed by atoms with Crippen molar-refractivity contribution in [3.63, 3.8) is 0 Å². The largest absolute Gasteiger partial charge is 0.237 e. The SMILES string of the molecule is Fc1cccc(Cl)c1Cc1nc(Cl)c2c(n1)CCCC2. The summed E-state index contributed by atoms with van der Waals surface area (Å²) >= 11 is 12.2. The molecule has 0 spiro atoms. The van der Waals surface area contributed by atoms with Crippen LogP contribution in [0.4, 0.5) is 4.39 Å². The van der Waals surface area contributed by atoms with Crippen LogP contribution in [0.15, 0.2) is 18.2 Å². The van der Waals surface area contributed by atoms with Crippen LogP contribution < -0.4 is 0 Å². The highest BCUT2D eigenvalue weighted by Crippen LogP contribution is 2.27. The van der Waals surface area contributed by atoms with E-state index in [0.29, 0.717) is 21.6 Å². The van der Waals surface area contributed by atoms with Crippen molar-refractivity contribution in [3.05, 3.63) is 56.8 Å². The van der Waals surface area contributed by atoms with Gasteiger partial charge in [-0.25, -0.2) is 14.4 Å². The van der Waals surface area contributed by atoms with Gasteiger partial charge in [0.25, 0.3) is 0 Å². The molecule has 0 amide bonds. The van der Waals surface area contributed by atoms with E-state index in [0.717, 1.165) is 36.9 Å². The molecule has 0 saturated heterocycles. The number of fused-ring (bicyclic) bond motifs is 1. The molecular formula is C15H13Cl2FN2. The maximum absolute atomic E-state index is 13.8. The summed E-state index contributed by atoms with van der Waals surface area (Å²) < 4.78 is 13.8. The summed E-state index contributed by atoms with van der Waals surface area (Å²) in [6.45, 7) is 0. The molecule has 3 rings (SSSR count). The Bertz CT molecular complexity index is 638. The van der Waals surface area contributed by atoms with Crippen LogP contribution in [-0.2, 0) is 19.3 Å². The minimum absolute atomic E-state index is 0.262. The van der Waals surface area contributed by atoms with Crippen molar-refractivity contribution in [1.29, 1.82) is 0 Å². The van der Waals surface area contributed by atoms with E-state index in [-0.39, 0.29) is 12.2 Å². The van der Waals surface area contributed by atoms with Gasteiger partial charge >= 0.3 is 0 Å². The third kappa shape index (κ3) is 2.65. The van der Waals surface area contributed by atoms with E-state index >= 15 is 0 Å². The molecule has 1 heterocycles. The minimum atomic E-state index is -0.338. The average Bonchev–Trinajstić information content (AvgIpc) is 2.43. The quantitative estimate of drug-likeness (QED) is 0.769. The molecule has 104 valence electrons. The fourth-order valence-electron chi connectivity index (χ4n) is 2.53. The van der Waals surface area contributed by atoms with Gasteiger partial charge in [-0.1, -0.05) is 29.3 Å². The zero-order valence-electron chi connectivity index (χ0n) is 10.8. The van der Waals surface area contributed by atoms with Gasteiger partial charge in [-0.15, -0.1) is 0 Å². The van der Waals surface area contributed by atoms with Crippen LogP contribution in [0.3, 0.4) is 0 Å². The Labute approximate surface area is 127 Å². The number of hydrogen-bond acceptors (Lipinski definition) is 2. The Morgan fingerprint density at radius 2 is 1.90 bits per heavy atom. The maximum atomic E-state index is 13.8. The van der Waals surface area contributed by atoms with Crippen molar-refractivity contribution in [2.24, 2.45) is 0 Å². The second kappa shape index (κ2) is 5.66. The molecule has 20 heavy (non-hydrogen) atoms. The van der Waals surface area contributed by atoms with E-state index in [9.17, 15) is 4.39 Å². The normalized spacial score (nSPS) is 14.2. The number of hydrogen-bond donors (Lipinski definition) is 0. The Morgan fingerprint density at radius 3 is 2.70 bits per heavy atom. The van der Waals surface area contributed by atoms with Gasteiger partial charge in [-0.3, -0.25) is 0 Å². The van der Waals surface area contributed by atoms with Gasteiger partial charge in [0.05, 0.1) is 0 Å². The van der Waals surface area contributed by atoms with Crippen molar-refractivity contribution in [1.82, 2.24) is 9.97 Å². The fraction of sp³-hybridized carbons (Fsp3) is 0.333. The van der Waals surface area contributed by atoms with Gasteiger partial charge in [-0.05, 0) is 37.8 Å². The summed E-state index contributed by atoms with van der Waals surface area (Å²) in [6.07, 6.45) is 4.33. The van der Waals surface area contributed by atoms with Gasteiger partial charge < -0.3 is 0 Å². The Hall–Kier alpha value is -1.19. The molecule has 0 N–H and O–H groups in total. The molecule has 2 nitrogen and oxygen atoms in total. The van der Waals surface area contributed by atoms with Gasteiger partial charge in [0.1, 0.15) is 16.8 Å². The van der Waals surface area contributed by atoms with E-state index in [1.54, 1.807) is 12.1 Å². The molecule has 0 bridgehead atoms. The summed E-state index contributed by atoms with van der Waals surface area (Å²) in [7, 11) is 0. The lowest BCUT2D eigenvalue weighted by molar-refractivity contribution is 0.610. The molecule has 2 aromatic rings. The van der Waals surface area contributed by atoms with Crippen molar-refractivity contribution < 1.29 is 4.39 Å². The van der Waals surface area contributed by atoms with Crippen LogP contribution in [0.2, 0.25) is 10.2 Å². The molecule has 1 aliphatic carbocycles. The van der Waals surface area contributed by atoms with Gasteiger partial charge in [0.2, 0.25) is 0 Å². The van der Waals surface area contributed by atoms with Crippen LogP contribution in [0.5, 0.6) is 0 Å². The predicted octanol–water partition coefficient (Wildman–Crippen LogP) is 4.39.